The van der Waals surface area contributed by atoms with Crippen LogP contribution in [-0.4, -0.2) is 19.5 Å². The van der Waals surface area contributed by atoms with Crippen LogP contribution in [-0.2, 0) is 11.3 Å². The highest BCUT2D eigenvalue weighted by Crippen LogP contribution is 2.04. The lowest BCUT2D eigenvalue weighted by Crippen LogP contribution is -1.94. The van der Waals surface area contributed by atoms with Crippen molar-refractivity contribution in [3.05, 3.63) is 47.9 Å². The Balaban J connectivity index is 2.57. The van der Waals surface area contributed by atoms with Crippen LogP contribution >= 0.6 is 0 Å². The second-order valence-electron chi connectivity index (χ2n) is 3.10. The lowest BCUT2D eigenvalue weighted by Gasteiger charge is -2.05. The molecule has 0 amide bonds. The number of nitrogens with zero attached hydrogens (tertiary/aromatic N) is 2. The molecule has 1 aromatic carbocycles. The van der Waals surface area contributed by atoms with Gasteiger partial charge in [0.2, 0.25) is 0 Å². The van der Waals surface area contributed by atoms with Gasteiger partial charge in [-0.3, -0.25) is 9.98 Å². The van der Waals surface area contributed by atoms with Gasteiger partial charge in [0, 0.05) is 13.3 Å². The number of rotatable bonds is 5. The van der Waals surface area contributed by atoms with Crippen molar-refractivity contribution in [3.63, 3.8) is 0 Å². The van der Waals surface area contributed by atoms with E-state index in [1.165, 1.54) is 0 Å². The summed E-state index contributed by atoms with van der Waals surface area (Å²) >= 11 is 0. The SMILES string of the molecule is CC=N/C=C(\C=NC)OCc1ccccc1. The van der Waals surface area contributed by atoms with Crippen LogP contribution in [0.4, 0.5) is 0 Å². The Morgan fingerprint density at radius 3 is 2.69 bits per heavy atom. The molecule has 0 unspecified atom stereocenters. The van der Waals surface area contributed by atoms with Gasteiger partial charge in [-0.05, 0) is 12.5 Å². The monoisotopic (exact) mass is 216 g/mol. The fourth-order valence-corrected chi connectivity index (χ4v) is 1.12. The molecule has 0 aliphatic carbocycles. The van der Waals surface area contributed by atoms with Crippen molar-refractivity contribution < 1.29 is 4.74 Å². The van der Waals surface area contributed by atoms with Crippen molar-refractivity contribution in [2.75, 3.05) is 7.05 Å². The summed E-state index contributed by atoms with van der Waals surface area (Å²) in [6.45, 7) is 2.38. The Labute approximate surface area is 96.2 Å². The second-order valence-corrected chi connectivity index (χ2v) is 3.10. The van der Waals surface area contributed by atoms with Crippen molar-refractivity contribution >= 4 is 12.4 Å². The van der Waals surface area contributed by atoms with Crippen molar-refractivity contribution in [1.29, 1.82) is 0 Å². The summed E-state index contributed by atoms with van der Waals surface area (Å²) in [6, 6.07) is 9.99. The van der Waals surface area contributed by atoms with Gasteiger partial charge in [0.05, 0.1) is 12.4 Å². The molecule has 0 saturated heterocycles. The summed E-state index contributed by atoms with van der Waals surface area (Å²) in [4.78, 5) is 7.91. The van der Waals surface area contributed by atoms with Crippen LogP contribution in [0.1, 0.15) is 12.5 Å². The van der Waals surface area contributed by atoms with Crippen LogP contribution in [0.15, 0.2) is 52.3 Å². The largest absolute Gasteiger partial charge is 0.486 e. The lowest BCUT2D eigenvalue weighted by molar-refractivity contribution is 0.218. The van der Waals surface area contributed by atoms with Crippen LogP contribution in [0.2, 0.25) is 0 Å². The quantitative estimate of drug-likeness (QED) is 0.550. The van der Waals surface area contributed by atoms with E-state index in [9.17, 15) is 0 Å². The average Bonchev–Trinajstić information content (AvgIpc) is 2.34. The van der Waals surface area contributed by atoms with Gasteiger partial charge in [-0.1, -0.05) is 30.3 Å². The minimum atomic E-state index is 0.526. The van der Waals surface area contributed by atoms with Gasteiger partial charge in [0.15, 0.2) is 5.76 Å². The molecule has 0 heterocycles. The number of benzene rings is 1. The highest BCUT2D eigenvalue weighted by Gasteiger charge is 1.95. The number of hydrogen-bond donors (Lipinski definition) is 0. The Morgan fingerprint density at radius 2 is 2.06 bits per heavy atom. The Bertz CT molecular complexity index is 380. The highest BCUT2D eigenvalue weighted by atomic mass is 16.5. The third kappa shape index (κ3) is 4.55. The summed E-state index contributed by atoms with van der Waals surface area (Å²) in [6.07, 6.45) is 5.00. The highest BCUT2D eigenvalue weighted by molar-refractivity contribution is 5.76. The third-order valence-electron chi connectivity index (χ3n) is 1.86. The van der Waals surface area contributed by atoms with Crippen molar-refractivity contribution in [2.24, 2.45) is 9.98 Å². The maximum absolute atomic E-state index is 5.57. The van der Waals surface area contributed by atoms with Crippen LogP contribution < -0.4 is 0 Å². The van der Waals surface area contributed by atoms with Crippen LogP contribution in [0.25, 0.3) is 0 Å². The molecule has 16 heavy (non-hydrogen) atoms. The fraction of sp³-hybridized carbons (Fsp3) is 0.231. The van der Waals surface area contributed by atoms with E-state index in [2.05, 4.69) is 9.98 Å². The van der Waals surface area contributed by atoms with Crippen LogP contribution in [0, 0.1) is 0 Å². The summed E-state index contributed by atoms with van der Waals surface area (Å²) in [7, 11) is 1.70. The lowest BCUT2D eigenvalue weighted by atomic mass is 10.2. The molecule has 0 bridgehead atoms. The van der Waals surface area contributed by atoms with Gasteiger partial charge in [-0.2, -0.15) is 0 Å². The van der Waals surface area contributed by atoms with Crippen LogP contribution in [0.5, 0.6) is 0 Å². The van der Waals surface area contributed by atoms with Gasteiger partial charge < -0.3 is 4.74 Å². The maximum atomic E-state index is 5.57. The Kier molecular flexibility index (Phi) is 5.63. The molecule has 0 aliphatic rings. The predicted molar refractivity (Wildman–Crippen MR) is 67.9 cm³/mol. The first-order chi connectivity index (χ1) is 7.86. The van der Waals surface area contributed by atoms with Gasteiger partial charge in [-0.25, -0.2) is 0 Å². The zero-order valence-electron chi connectivity index (χ0n) is 9.63. The molecule has 0 aromatic heterocycles. The van der Waals surface area contributed by atoms with E-state index < -0.39 is 0 Å². The standard InChI is InChI=1S/C13H16N2O/c1-3-15-10-13(9-14-2)16-11-12-7-5-4-6-8-12/h3-10H,11H2,1-2H3/b13-10+,14-9?,15-3?. The molecule has 3 heteroatoms. The van der Waals surface area contributed by atoms with E-state index >= 15 is 0 Å². The summed E-state index contributed by atoms with van der Waals surface area (Å²) in [5, 5.41) is 0. The van der Waals surface area contributed by atoms with Crippen LogP contribution in [0.3, 0.4) is 0 Å². The fourth-order valence-electron chi connectivity index (χ4n) is 1.12. The molecule has 1 aromatic rings. The Hall–Kier alpha value is -1.90. The number of allylic oxidation sites excluding steroid dienone is 1. The van der Waals surface area contributed by atoms with Gasteiger partial charge in [-0.15, -0.1) is 0 Å². The molecule has 3 nitrogen and oxygen atoms in total. The van der Waals surface area contributed by atoms with Crippen molar-refractivity contribution in [3.8, 4) is 0 Å². The first kappa shape index (κ1) is 12.2. The first-order valence-electron chi connectivity index (χ1n) is 5.13. The van der Waals surface area contributed by atoms with Crippen molar-refractivity contribution in [2.45, 2.75) is 13.5 Å². The molecule has 0 atom stereocenters. The number of ether oxygens (including phenoxy) is 1. The van der Waals surface area contributed by atoms with Crippen molar-refractivity contribution in [1.82, 2.24) is 0 Å². The van der Waals surface area contributed by atoms with E-state index in [4.69, 9.17) is 4.74 Å². The average molecular weight is 216 g/mol. The van der Waals surface area contributed by atoms with Gasteiger partial charge in [0.25, 0.3) is 0 Å². The third-order valence-corrected chi connectivity index (χ3v) is 1.86. The number of aliphatic imine (C=N–C) groups is 2. The summed E-state index contributed by atoms with van der Waals surface area (Å²) in [5.74, 6) is 0.657. The summed E-state index contributed by atoms with van der Waals surface area (Å²) < 4.78 is 5.57. The maximum Gasteiger partial charge on any atom is 0.155 e. The first-order valence-corrected chi connectivity index (χ1v) is 5.13. The minimum Gasteiger partial charge on any atom is -0.486 e. The molecule has 84 valence electrons. The molecule has 0 radical (unpaired) electrons. The van der Waals surface area contributed by atoms with E-state index in [1.807, 2.05) is 37.3 Å². The Morgan fingerprint density at radius 1 is 1.31 bits per heavy atom. The molecule has 0 fully saturated rings. The van der Waals surface area contributed by atoms with E-state index in [1.54, 1.807) is 25.7 Å². The summed E-state index contributed by atoms with van der Waals surface area (Å²) in [5.41, 5.74) is 1.12. The molecule has 0 spiro atoms. The van der Waals surface area contributed by atoms with Gasteiger partial charge >= 0.3 is 0 Å². The normalized spacial score (nSPS) is 12.5. The van der Waals surface area contributed by atoms with Gasteiger partial charge in [0.1, 0.15) is 6.61 Å². The molecule has 0 N–H and O–H groups in total. The zero-order valence-corrected chi connectivity index (χ0v) is 9.63. The molecule has 1 rings (SSSR count). The van der Waals surface area contributed by atoms with E-state index in [0.29, 0.717) is 12.4 Å². The molecular formula is C13H16N2O. The smallest absolute Gasteiger partial charge is 0.155 e. The topological polar surface area (TPSA) is 34.0 Å². The molecular weight excluding hydrogens is 200 g/mol. The van der Waals surface area contributed by atoms with E-state index in [0.717, 1.165) is 5.56 Å². The van der Waals surface area contributed by atoms with E-state index in [-0.39, 0.29) is 0 Å². The predicted octanol–water partition coefficient (Wildman–Crippen LogP) is 2.84. The zero-order chi connectivity index (χ0) is 11.6. The molecule has 0 saturated carbocycles. The second kappa shape index (κ2) is 7.40. The molecule has 0 aliphatic heterocycles. The number of hydrogen-bond acceptors (Lipinski definition) is 3. The minimum absolute atomic E-state index is 0.526.